The molecule has 0 atom stereocenters. The molecule has 1 aromatic rings. The number of nitrogens with zero attached hydrogens (tertiary/aromatic N) is 1. The average Bonchev–Trinajstić information content (AvgIpc) is 2.39. The molecule has 0 saturated carbocycles. The number of hydrogen-bond donors (Lipinski definition) is 0. The van der Waals surface area contributed by atoms with Gasteiger partial charge in [0.1, 0.15) is 11.5 Å². The van der Waals surface area contributed by atoms with Crippen molar-refractivity contribution >= 4 is 23.3 Å². The monoisotopic (exact) mass is 253 g/mol. The smallest absolute Gasteiger partial charge is 0.353 e. The lowest BCUT2D eigenvalue weighted by Gasteiger charge is -2.04. The van der Waals surface area contributed by atoms with Gasteiger partial charge in [0, 0.05) is 0 Å². The Kier molecular flexibility index (Phi) is 4.98. The predicted molar refractivity (Wildman–Crippen MR) is 62.1 cm³/mol. The van der Waals surface area contributed by atoms with Crippen molar-refractivity contribution in [3.63, 3.8) is 0 Å². The molecule has 1 rings (SSSR count). The third kappa shape index (κ3) is 3.65. The molecule has 0 aliphatic rings. The van der Waals surface area contributed by atoms with Gasteiger partial charge >= 0.3 is 11.9 Å². The predicted octanol–water partition coefficient (Wildman–Crippen LogP) is 1.63. The van der Waals surface area contributed by atoms with E-state index in [9.17, 15) is 14.0 Å². The van der Waals surface area contributed by atoms with Crippen molar-refractivity contribution in [1.82, 2.24) is 0 Å². The van der Waals surface area contributed by atoms with Crippen molar-refractivity contribution in [3.05, 3.63) is 30.1 Å². The molecule has 18 heavy (non-hydrogen) atoms. The van der Waals surface area contributed by atoms with Crippen LogP contribution in [0.5, 0.6) is 0 Å². The van der Waals surface area contributed by atoms with Gasteiger partial charge in [-0.1, -0.05) is 12.1 Å². The van der Waals surface area contributed by atoms with Crippen molar-refractivity contribution in [2.24, 2.45) is 4.99 Å². The number of carbonyl (C=O) groups is 2. The van der Waals surface area contributed by atoms with E-state index in [0.29, 0.717) is 0 Å². The number of halogens is 1. The molecule has 1 aromatic carbocycles. The molecule has 0 heterocycles. The number of ether oxygens (including phenoxy) is 2. The van der Waals surface area contributed by atoms with Crippen LogP contribution in [0.25, 0.3) is 0 Å². The number of rotatable bonds is 4. The number of para-hydroxylation sites is 1. The van der Waals surface area contributed by atoms with Crippen LogP contribution < -0.4 is 0 Å². The van der Waals surface area contributed by atoms with Crippen LogP contribution in [0.4, 0.5) is 10.1 Å². The van der Waals surface area contributed by atoms with Gasteiger partial charge in [0.15, 0.2) is 0 Å². The van der Waals surface area contributed by atoms with Gasteiger partial charge in [-0.2, -0.15) is 0 Å². The van der Waals surface area contributed by atoms with Crippen LogP contribution in [-0.2, 0) is 19.1 Å². The lowest BCUT2D eigenvalue weighted by molar-refractivity contribution is -0.140. The van der Waals surface area contributed by atoms with Gasteiger partial charge in [-0.3, -0.25) is 4.79 Å². The molecule has 0 amide bonds. The van der Waals surface area contributed by atoms with Gasteiger partial charge in [-0.05, 0) is 12.1 Å². The summed E-state index contributed by atoms with van der Waals surface area (Å²) in [7, 11) is 2.33. The molecule has 5 nitrogen and oxygen atoms in total. The fraction of sp³-hybridized carbons (Fsp3) is 0.250. The lowest BCUT2D eigenvalue weighted by Crippen LogP contribution is -2.20. The summed E-state index contributed by atoms with van der Waals surface area (Å²) in [6.45, 7) is 0. The summed E-state index contributed by atoms with van der Waals surface area (Å²) in [6.07, 6.45) is -0.377. The van der Waals surface area contributed by atoms with E-state index in [-0.39, 0.29) is 17.8 Å². The summed E-state index contributed by atoms with van der Waals surface area (Å²) in [6, 6.07) is 5.64. The van der Waals surface area contributed by atoms with Crippen molar-refractivity contribution < 1.29 is 23.5 Å². The molecule has 0 aliphatic carbocycles. The molecule has 0 saturated heterocycles. The Bertz CT molecular complexity index is 485. The van der Waals surface area contributed by atoms with E-state index < -0.39 is 17.8 Å². The quantitative estimate of drug-likeness (QED) is 0.604. The highest BCUT2D eigenvalue weighted by atomic mass is 19.1. The zero-order valence-electron chi connectivity index (χ0n) is 9.97. The van der Waals surface area contributed by atoms with Crippen molar-refractivity contribution in [2.45, 2.75) is 6.42 Å². The first kappa shape index (κ1) is 13.8. The highest BCUT2D eigenvalue weighted by molar-refractivity contribution is 6.39. The normalized spacial score (nSPS) is 10.9. The largest absolute Gasteiger partial charge is 0.469 e. The number of carbonyl (C=O) groups excluding carboxylic acids is 2. The molecular weight excluding hydrogens is 241 g/mol. The van der Waals surface area contributed by atoms with Gasteiger partial charge in [0.2, 0.25) is 0 Å². The highest BCUT2D eigenvalue weighted by Gasteiger charge is 2.17. The first-order valence-corrected chi connectivity index (χ1v) is 5.05. The number of esters is 2. The molecule has 0 N–H and O–H groups in total. The van der Waals surface area contributed by atoms with E-state index in [1.54, 1.807) is 6.07 Å². The van der Waals surface area contributed by atoms with Crippen LogP contribution in [0.3, 0.4) is 0 Å². The van der Waals surface area contributed by atoms with Gasteiger partial charge in [0.05, 0.1) is 26.3 Å². The number of benzene rings is 1. The van der Waals surface area contributed by atoms with Crippen LogP contribution in [0.2, 0.25) is 0 Å². The van der Waals surface area contributed by atoms with Crippen molar-refractivity contribution in [1.29, 1.82) is 0 Å². The Labute approximate surface area is 103 Å². The van der Waals surface area contributed by atoms with E-state index >= 15 is 0 Å². The second-order valence-corrected chi connectivity index (χ2v) is 3.25. The van der Waals surface area contributed by atoms with Gasteiger partial charge in [-0.25, -0.2) is 14.2 Å². The number of methoxy groups -OCH3 is 2. The minimum Gasteiger partial charge on any atom is -0.469 e. The third-order valence-electron chi connectivity index (χ3n) is 2.07. The molecule has 6 heteroatoms. The molecule has 0 unspecified atom stereocenters. The molecular formula is C12H12FNO4. The van der Waals surface area contributed by atoms with Gasteiger partial charge < -0.3 is 9.47 Å². The second kappa shape index (κ2) is 6.48. The fourth-order valence-electron chi connectivity index (χ4n) is 1.17. The molecule has 0 spiro atoms. The van der Waals surface area contributed by atoms with Crippen molar-refractivity contribution in [2.75, 3.05) is 14.2 Å². The van der Waals surface area contributed by atoms with Crippen LogP contribution in [-0.4, -0.2) is 31.9 Å². The van der Waals surface area contributed by atoms with Gasteiger partial charge in [-0.15, -0.1) is 0 Å². The minimum absolute atomic E-state index is 0.0400. The maximum atomic E-state index is 13.4. The average molecular weight is 253 g/mol. The van der Waals surface area contributed by atoms with E-state index in [2.05, 4.69) is 14.5 Å². The van der Waals surface area contributed by atoms with E-state index in [0.717, 1.165) is 7.11 Å². The lowest BCUT2D eigenvalue weighted by atomic mass is 10.2. The minimum atomic E-state index is -0.802. The summed E-state index contributed by atoms with van der Waals surface area (Å²) in [5, 5.41) is 0. The molecule has 0 aromatic heterocycles. The Balaban J connectivity index is 3.06. The molecule has 0 fully saturated rings. The summed E-state index contributed by atoms with van der Waals surface area (Å²) in [5.41, 5.74) is -0.253. The molecule has 0 bridgehead atoms. The van der Waals surface area contributed by atoms with E-state index in [1.807, 2.05) is 0 Å². The first-order valence-electron chi connectivity index (χ1n) is 5.05. The summed E-state index contributed by atoms with van der Waals surface area (Å²) in [5.74, 6) is -2.05. The Morgan fingerprint density at radius 1 is 1.22 bits per heavy atom. The van der Waals surface area contributed by atoms with Crippen LogP contribution in [0.15, 0.2) is 29.3 Å². The molecule has 0 radical (unpaired) electrons. The Morgan fingerprint density at radius 2 is 1.89 bits per heavy atom. The zero-order valence-corrected chi connectivity index (χ0v) is 9.97. The fourth-order valence-corrected chi connectivity index (χ4v) is 1.17. The van der Waals surface area contributed by atoms with Crippen molar-refractivity contribution in [3.8, 4) is 0 Å². The maximum Gasteiger partial charge on any atom is 0.353 e. The van der Waals surface area contributed by atoms with E-state index in [4.69, 9.17) is 0 Å². The van der Waals surface area contributed by atoms with Crippen LogP contribution in [0, 0.1) is 5.82 Å². The molecule has 96 valence electrons. The summed E-state index contributed by atoms with van der Waals surface area (Å²) in [4.78, 5) is 26.3. The Morgan fingerprint density at radius 3 is 2.44 bits per heavy atom. The summed E-state index contributed by atoms with van der Waals surface area (Å²) >= 11 is 0. The third-order valence-corrected chi connectivity index (χ3v) is 2.07. The topological polar surface area (TPSA) is 65.0 Å². The number of hydrogen-bond acceptors (Lipinski definition) is 5. The zero-order chi connectivity index (χ0) is 13.5. The second-order valence-electron chi connectivity index (χ2n) is 3.25. The molecule has 0 aliphatic heterocycles. The van der Waals surface area contributed by atoms with Crippen LogP contribution >= 0.6 is 0 Å². The number of aliphatic imine (C=N–C) groups is 1. The van der Waals surface area contributed by atoms with Crippen LogP contribution in [0.1, 0.15) is 6.42 Å². The first-order chi connectivity index (χ1) is 8.58. The SMILES string of the molecule is COC(=O)CC(=Nc1ccccc1F)C(=O)OC. The van der Waals surface area contributed by atoms with E-state index in [1.165, 1.54) is 25.3 Å². The standard InChI is InChI=1S/C12H12FNO4/c1-17-11(15)7-10(12(16)18-2)14-9-6-4-3-5-8(9)13/h3-6H,7H2,1-2H3. The van der Waals surface area contributed by atoms with Gasteiger partial charge in [0.25, 0.3) is 0 Å². The summed E-state index contributed by atoms with van der Waals surface area (Å²) < 4.78 is 22.3. The highest BCUT2D eigenvalue weighted by Crippen LogP contribution is 2.17. The Hall–Kier alpha value is -2.24. The maximum absolute atomic E-state index is 13.4.